The number of allylic oxidation sites excluding steroid dienone is 1. The summed E-state index contributed by atoms with van der Waals surface area (Å²) in [4.78, 5) is 12.8. The van der Waals surface area contributed by atoms with Crippen LogP contribution in [0.3, 0.4) is 0 Å². The first kappa shape index (κ1) is 19.9. The maximum atomic E-state index is 12.8. The van der Waals surface area contributed by atoms with E-state index < -0.39 is 6.04 Å². The summed E-state index contributed by atoms with van der Waals surface area (Å²) >= 11 is 0. The zero-order chi connectivity index (χ0) is 20.1. The highest BCUT2D eigenvalue weighted by Crippen LogP contribution is 2.35. The van der Waals surface area contributed by atoms with Crippen molar-refractivity contribution in [2.24, 2.45) is 0 Å². The highest BCUT2D eigenvalue weighted by Gasteiger charge is 2.35. The standard InChI is InChI=1S/C20H27N5O3/c1-5-6-7-12-27-16-10-8-15(9-11-16)18-17(19(26)28-13(2)3)14(4)21-20-22-23-24-25(18)20/h8-11,13,18H,5-7,12H2,1-4H3,(H,21,22,24). The molecule has 1 aromatic carbocycles. The van der Waals surface area contributed by atoms with Crippen LogP contribution in [0.5, 0.6) is 5.75 Å². The number of fused-ring (bicyclic) bond motifs is 1. The number of nitrogens with zero attached hydrogens (tertiary/aromatic N) is 4. The maximum absolute atomic E-state index is 12.8. The predicted octanol–water partition coefficient (Wildman–Crippen LogP) is 3.48. The van der Waals surface area contributed by atoms with Gasteiger partial charge in [0.2, 0.25) is 5.95 Å². The number of nitrogens with one attached hydrogen (secondary N) is 1. The Labute approximate surface area is 164 Å². The van der Waals surface area contributed by atoms with E-state index in [-0.39, 0.29) is 12.1 Å². The molecule has 8 heteroatoms. The molecular weight excluding hydrogens is 358 g/mol. The molecule has 1 aliphatic rings. The molecule has 2 heterocycles. The van der Waals surface area contributed by atoms with Gasteiger partial charge < -0.3 is 14.8 Å². The predicted molar refractivity (Wildman–Crippen MR) is 105 cm³/mol. The first-order chi connectivity index (χ1) is 13.5. The fourth-order valence-electron chi connectivity index (χ4n) is 3.15. The van der Waals surface area contributed by atoms with Crippen LogP contribution in [0.4, 0.5) is 5.95 Å². The molecule has 0 bridgehead atoms. The van der Waals surface area contributed by atoms with E-state index in [1.807, 2.05) is 45.0 Å². The molecule has 0 fully saturated rings. The monoisotopic (exact) mass is 385 g/mol. The van der Waals surface area contributed by atoms with Crippen molar-refractivity contribution in [2.45, 2.75) is 59.1 Å². The number of rotatable bonds is 8. The van der Waals surface area contributed by atoms with E-state index in [9.17, 15) is 4.79 Å². The second kappa shape index (κ2) is 8.86. The Balaban J connectivity index is 1.87. The lowest BCUT2D eigenvalue weighted by molar-refractivity contribution is -0.143. The molecule has 150 valence electrons. The van der Waals surface area contributed by atoms with Crippen LogP contribution in [-0.4, -0.2) is 38.9 Å². The lowest BCUT2D eigenvalue weighted by atomic mass is 9.95. The third-order valence-corrected chi connectivity index (χ3v) is 4.49. The Bertz CT molecular complexity index is 842. The van der Waals surface area contributed by atoms with Crippen LogP contribution >= 0.6 is 0 Å². The number of anilines is 1. The van der Waals surface area contributed by atoms with Gasteiger partial charge in [-0.15, -0.1) is 0 Å². The third kappa shape index (κ3) is 4.32. The number of aromatic nitrogens is 4. The van der Waals surface area contributed by atoms with Crippen LogP contribution < -0.4 is 10.1 Å². The average Bonchev–Trinajstić information content (AvgIpc) is 3.12. The molecule has 0 spiro atoms. The molecule has 1 unspecified atom stereocenters. The fraction of sp³-hybridized carbons (Fsp3) is 0.500. The van der Waals surface area contributed by atoms with E-state index in [1.54, 1.807) is 4.68 Å². The van der Waals surface area contributed by atoms with E-state index in [4.69, 9.17) is 9.47 Å². The van der Waals surface area contributed by atoms with Crippen molar-refractivity contribution in [3.05, 3.63) is 41.1 Å². The minimum absolute atomic E-state index is 0.220. The van der Waals surface area contributed by atoms with E-state index in [1.165, 1.54) is 0 Å². The Hall–Kier alpha value is -2.90. The van der Waals surface area contributed by atoms with E-state index in [0.717, 1.165) is 30.6 Å². The number of benzene rings is 1. The summed E-state index contributed by atoms with van der Waals surface area (Å²) in [5.41, 5.74) is 2.05. The quantitative estimate of drug-likeness (QED) is 0.549. The number of tetrazole rings is 1. The Morgan fingerprint density at radius 2 is 2.00 bits per heavy atom. The second-order valence-electron chi connectivity index (χ2n) is 7.09. The minimum Gasteiger partial charge on any atom is -0.494 e. The molecular formula is C20H27N5O3. The summed E-state index contributed by atoms with van der Waals surface area (Å²) in [5.74, 6) is 0.910. The molecule has 1 aliphatic heterocycles. The maximum Gasteiger partial charge on any atom is 0.338 e. The molecule has 28 heavy (non-hydrogen) atoms. The van der Waals surface area contributed by atoms with Gasteiger partial charge in [-0.3, -0.25) is 0 Å². The number of hydrogen-bond donors (Lipinski definition) is 1. The second-order valence-corrected chi connectivity index (χ2v) is 7.09. The average molecular weight is 385 g/mol. The number of esters is 1. The van der Waals surface area contributed by atoms with Crippen LogP contribution in [0.15, 0.2) is 35.5 Å². The van der Waals surface area contributed by atoms with Crippen LogP contribution in [0, 0.1) is 0 Å². The Morgan fingerprint density at radius 1 is 1.25 bits per heavy atom. The summed E-state index contributed by atoms with van der Waals surface area (Å²) in [7, 11) is 0. The number of carbonyl (C=O) groups is 1. The van der Waals surface area contributed by atoms with Gasteiger partial charge in [-0.25, -0.2) is 4.79 Å². The van der Waals surface area contributed by atoms with Gasteiger partial charge in [0.25, 0.3) is 0 Å². The van der Waals surface area contributed by atoms with Crippen molar-refractivity contribution in [3.63, 3.8) is 0 Å². The van der Waals surface area contributed by atoms with Crippen molar-refractivity contribution in [1.29, 1.82) is 0 Å². The van der Waals surface area contributed by atoms with Crippen molar-refractivity contribution < 1.29 is 14.3 Å². The molecule has 0 saturated carbocycles. The van der Waals surface area contributed by atoms with Crippen molar-refractivity contribution in [1.82, 2.24) is 20.2 Å². The fourth-order valence-corrected chi connectivity index (χ4v) is 3.15. The third-order valence-electron chi connectivity index (χ3n) is 4.49. The smallest absolute Gasteiger partial charge is 0.338 e. The highest BCUT2D eigenvalue weighted by molar-refractivity contribution is 5.92. The molecule has 8 nitrogen and oxygen atoms in total. The van der Waals surface area contributed by atoms with Gasteiger partial charge in [0.1, 0.15) is 11.8 Å². The van der Waals surface area contributed by atoms with Gasteiger partial charge in [0.15, 0.2) is 0 Å². The summed E-state index contributed by atoms with van der Waals surface area (Å²) in [6, 6.07) is 7.23. The minimum atomic E-state index is -0.466. The topological polar surface area (TPSA) is 91.2 Å². The molecule has 1 aromatic heterocycles. The summed E-state index contributed by atoms with van der Waals surface area (Å²) < 4.78 is 12.8. The van der Waals surface area contributed by atoms with Gasteiger partial charge in [-0.1, -0.05) is 37.0 Å². The lowest BCUT2D eigenvalue weighted by Gasteiger charge is -2.28. The van der Waals surface area contributed by atoms with Crippen LogP contribution in [0.25, 0.3) is 0 Å². The molecule has 1 N–H and O–H groups in total. The molecule has 0 aliphatic carbocycles. The van der Waals surface area contributed by atoms with E-state index in [2.05, 4.69) is 27.8 Å². The normalized spacial score (nSPS) is 16.0. The van der Waals surface area contributed by atoms with Crippen molar-refractivity contribution in [2.75, 3.05) is 11.9 Å². The molecule has 0 radical (unpaired) electrons. The van der Waals surface area contributed by atoms with E-state index in [0.29, 0.717) is 23.8 Å². The van der Waals surface area contributed by atoms with Gasteiger partial charge >= 0.3 is 5.97 Å². The van der Waals surface area contributed by atoms with Gasteiger partial charge in [0.05, 0.1) is 18.3 Å². The van der Waals surface area contributed by atoms with E-state index >= 15 is 0 Å². The first-order valence-corrected chi connectivity index (χ1v) is 9.70. The first-order valence-electron chi connectivity index (χ1n) is 9.70. The number of unbranched alkanes of at least 4 members (excludes halogenated alkanes) is 2. The van der Waals surface area contributed by atoms with Gasteiger partial charge in [-0.2, -0.15) is 4.68 Å². The number of carbonyl (C=O) groups excluding carboxylic acids is 1. The molecule has 2 aromatic rings. The number of hydrogen-bond acceptors (Lipinski definition) is 7. The van der Waals surface area contributed by atoms with Gasteiger partial charge in [-0.05, 0) is 55.3 Å². The summed E-state index contributed by atoms with van der Waals surface area (Å²) in [6.45, 7) is 8.34. The Kier molecular flexibility index (Phi) is 6.28. The molecule has 0 amide bonds. The molecule has 3 rings (SSSR count). The zero-order valence-electron chi connectivity index (χ0n) is 16.8. The van der Waals surface area contributed by atoms with Crippen molar-refractivity contribution in [3.8, 4) is 5.75 Å². The molecule has 1 atom stereocenters. The lowest BCUT2D eigenvalue weighted by Crippen LogP contribution is -2.30. The van der Waals surface area contributed by atoms with Crippen LogP contribution in [0.1, 0.15) is 58.6 Å². The highest BCUT2D eigenvalue weighted by atomic mass is 16.5. The van der Waals surface area contributed by atoms with Crippen molar-refractivity contribution >= 4 is 11.9 Å². The summed E-state index contributed by atoms with van der Waals surface area (Å²) in [5, 5.41) is 14.9. The van der Waals surface area contributed by atoms with Crippen LogP contribution in [-0.2, 0) is 9.53 Å². The Morgan fingerprint density at radius 3 is 2.68 bits per heavy atom. The largest absolute Gasteiger partial charge is 0.494 e. The van der Waals surface area contributed by atoms with Crippen LogP contribution in [0.2, 0.25) is 0 Å². The SMILES string of the molecule is CCCCCOc1ccc(C2C(C(=O)OC(C)C)=C(C)Nc3nnnn32)cc1. The summed E-state index contributed by atoms with van der Waals surface area (Å²) in [6.07, 6.45) is 3.13. The number of ether oxygens (including phenoxy) is 2. The van der Waals surface area contributed by atoms with Gasteiger partial charge in [0, 0.05) is 5.70 Å². The molecule has 0 saturated heterocycles. The zero-order valence-corrected chi connectivity index (χ0v) is 16.8.